The quantitative estimate of drug-likeness (QED) is 0.819. The lowest BCUT2D eigenvalue weighted by molar-refractivity contribution is -0.132. The van der Waals surface area contributed by atoms with Crippen LogP contribution in [-0.4, -0.2) is 67.6 Å². The van der Waals surface area contributed by atoms with E-state index in [1.165, 1.54) is 0 Å². The van der Waals surface area contributed by atoms with Crippen LogP contribution in [0.4, 0.5) is 0 Å². The van der Waals surface area contributed by atoms with Crippen molar-refractivity contribution in [3.63, 3.8) is 0 Å². The maximum atomic E-state index is 12.4. The molecule has 23 heavy (non-hydrogen) atoms. The van der Waals surface area contributed by atoms with Crippen molar-refractivity contribution in [2.24, 2.45) is 0 Å². The lowest BCUT2D eigenvalue weighted by Crippen LogP contribution is -2.47. The second kappa shape index (κ2) is 7.85. The molecule has 1 amide bonds. The number of pyridine rings is 1. The minimum atomic E-state index is -3.38. The third kappa shape index (κ3) is 5.89. The molecular weight excluding hydrogens is 316 g/mol. The number of carbonyl (C=O) groups excluding carboxylic acids is 1. The van der Waals surface area contributed by atoms with Crippen molar-refractivity contribution in [1.29, 1.82) is 0 Å². The van der Waals surface area contributed by atoms with Crippen LogP contribution in [0.15, 0.2) is 24.5 Å². The maximum Gasteiger partial charge on any atom is 0.240 e. The average molecular weight is 340 g/mol. The summed E-state index contributed by atoms with van der Waals surface area (Å²) < 4.78 is 24.9. The van der Waals surface area contributed by atoms with Crippen LogP contribution in [0.3, 0.4) is 0 Å². The standard InChI is InChI=1S/C15H24N4O3S/c1-13(17-23(2,21)22)15(20)19-8-4-7-18(9-10-19)12-14-5-3-6-16-11-14/h3,5-6,11,13,17H,4,7-10,12H2,1-2H3/t13-/m1/s1. The maximum absolute atomic E-state index is 12.4. The molecule has 1 N–H and O–H groups in total. The number of sulfonamides is 1. The number of nitrogens with zero attached hydrogens (tertiary/aromatic N) is 3. The van der Waals surface area contributed by atoms with Crippen molar-refractivity contribution in [3.05, 3.63) is 30.1 Å². The Morgan fingerprint density at radius 1 is 1.35 bits per heavy atom. The van der Waals surface area contributed by atoms with Crippen molar-refractivity contribution in [1.82, 2.24) is 19.5 Å². The van der Waals surface area contributed by atoms with Gasteiger partial charge in [-0.3, -0.25) is 14.7 Å². The van der Waals surface area contributed by atoms with E-state index in [4.69, 9.17) is 0 Å². The van der Waals surface area contributed by atoms with Crippen molar-refractivity contribution in [2.45, 2.75) is 25.9 Å². The van der Waals surface area contributed by atoms with Gasteiger partial charge in [0, 0.05) is 45.1 Å². The fourth-order valence-corrected chi connectivity index (χ4v) is 3.49. The molecule has 0 saturated carbocycles. The first kappa shape index (κ1) is 17.8. The first-order valence-electron chi connectivity index (χ1n) is 7.72. The van der Waals surface area contributed by atoms with Crippen molar-refractivity contribution >= 4 is 15.9 Å². The topological polar surface area (TPSA) is 82.6 Å². The summed E-state index contributed by atoms with van der Waals surface area (Å²) in [7, 11) is -3.38. The highest BCUT2D eigenvalue weighted by Crippen LogP contribution is 2.09. The zero-order valence-electron chi connectivity index (χ0n) is 13.6. The Balaban J connectivity index is 1.89. The number of rotatable bonds is 5. The second-order valence-corrected chi connectivity index (χ2v) is 7.71. The highest BCUT2D eigenvalue weighted by Gasteiger charge is 2.25. The second-order valence-electron chi connectivity index (χ2n) is 5.93. The van der Waals surface area contributed by atoms with E-state index in [2.05, 4.69) is 14.6 Å². The summed E-state index contributed by atoms with van der Waals surface area (Å²) >= 11 is 0. The first-order chi connectivity index (χ1) is 10.8. The molecule has 1 aromatic heterocycles. The third-order valence-electron chi connectivity index (χ3n) is 3.79. The summed E-state index contributed by atoms with van der Waals surface area (Å²) in [5.41, 5.74) is 1.15. The van der Waals surface area contributed by atoms with Crippen molar-refractivity contribution in [2.75, 3.05) is 32.4 Å². The lowest BCUT2D eigenvalue weighted by Gasteiger charge is -2.24. The van der Waals surface area contributed by atoms with Gasteiger partial charge in [0.25, 0.3) is 0 Å². The molecule has 8 heteroatoms. The smallest absolute Gasteiger partial charge is 0.240 e. The summed E-state index contributed by atoms with van der Waals surface area (Å²) in [6, 6.07) is 3.23. The molecule has 1 aromatic rings. The van der Waals surface area contributed by atoms with Gasteiger partial charge >= 0.3 is 0 Å². The highest BCUT2D eigenvalue weighted by atomic mass is 32.2. The summed E-state index contributed by atoms with van der Waals surface area (Å²) in [6.07, 6.45) is 5.54. The van der Waals surface area contributed by atoms with Crippen LogP contribution >= 0.6 is 0 Å². The van der Waals surface area contributed by atoms with E-state index in [0.29, 0.717) is 13.1 Å². The minimum Gasteiger partial charge on any atom is -0.340 e. The molecule has 0 aliphatic carbocycles. The van der Waals surface area contributed by atoms with E-state index in [-0.39, 0.29) is 5.91 Å². The van der Waals surface area contributed by atoms with Crippen LogP contribution in [-0.2, 0) is 21.4 Å². The predicted octanol–water partition coefficient (Wildman–Crippen LogP) is 0.0536. The minimum absolute atomic E-state index is 0.168. The van der Waals surface area contributed by atoms with Gasteiger partial charge in [-0.05, 0) is 25.0 Å². The van der Waals surface area contributed by atoms with E-state index < -0.39 is 16.1 Å². The van der Waals surface area contributed by atoms with Gasteiger partial charge in [0.2, 0.25) is 15.9 Å². The number of nitrogens with one attached hydrogen (secondary N) is 1. The number of aromatic nitrogens is 1. The molecule has 1 aliphatic rings. The van der Waals surface area contributed by atoms with Gasteiger partial charge in [-0.15, -0.1) is 0 Å². The van der Waals surface area contributed by atoms with Gasteiger partial charge in [-0.25, -0.2) is 13.1 Å². The number of hydrogen-bond donors (Lipinski definition) is 1. The largest absolute Gasteiger partial charge is 0.340 e. The molecule has 1 saturated heterocycles. The molecule has 0 aromatic carbocycles. The Morgan fingerprint density at radius 3 is 2.78 bits per heavy atom. The number of hydrogen-bond acceptors (Lipinski definition) is 5. The number of amides is 1. The Bertz CT molecular complexity index is 621. The van der Waals surface area contributed by atoms with E-state index in [1.54, 1.807) is 18.0 Å². The fraction of sp³-hybridized carbons (Fsp3) is 0.600. The van der Waals surface area contributed by atoms with Crippen molar-refractivity contribution in [3.8, 4) is 0 Å². The van der Waals surface area contributed by atoms with E-state index in [1.807, 2.05) is 18.3 Å². The Morgan fingerprint density at radius 2 is 2.13 bits per heavy atom. The zero-order valence-corrected chi connectivity index (χ0v) is 14.4. The molecule has 7 nitrogen and oxygen atoms in total. The van der Waals surface area contributed by atoms with Gasteiger partial charge < -0.3 is 4.90 Å². The molecule has 1 atom stereocenters. The molecule has 0 spiro atoms. The van der Waals surface area contributed by atoms with Gasteiger partial charge in [0.15, 0.2) is 0 Å². The zero-order chi connectivity index (χ0) is 16.9. The fourth-order valence-electron chi connectivity index (χ4n) is 2.74. The Kier molecular flexibility index (Phi) is 6.09. The Labute approximate surface area is 137 Å². The third-order valence-corrected chi connectivity index (χ3v) is 4.57. The molecule has 1 aliphatic heterocycles. The van der Waals surface area contributed by atoms with Crippen LogP contribution in [0.5, 0.6) is 0 Å². The number of carbonyl (C=O) groups is 1. The Hall–Kier alpha value is -1.51. The van der Waals surface area contributed by atoms with Crippen LogP contribution < -0.4 is 4.72 Å². The summed E-state index contributed by atoms with van der Waals surface area (Å²) in [5.74, 6) is -0.168. The van der Waals surface area contributed by atoms with Crippen LogP contribution in [0.2, 0.25) is 0 Å². The molecule has 0 unspecified atom stereocenters. The van der Waals surface area contributed by atoms with E-state index in [9.17, 15) is 13.2 Å². The average Bonchev–Trinajstić information content (AvgIpc) is 2.71. The highest BCUT2D eigenvalue weighted by molar-refractivity contribution is 7.88. The van der Waals surface area contributed by atoms with Crippen molar-refractivity contribution < 1.29 is 13.2 Å². The van der Waals surface area contributed by atoms with Gasteiger partial charge in [0.05, 0.1) is 12.3 Å². The van der Waals surface area contributed by atoms with Crippen LogP contribution in [0.1, 0.15) is 18.9 Å². The molecule has 1 fully saturated rings. The molecule has 0 bridgehead atoms. The molecule has 2 heterocycles. The molecular formula is C15H24N4O3S. The van der Waals surface area contributed by atoms with Gasteiger partial charge in [0.1, 0.15) is 0 Å². The first-order valence-corrected chi connectivity index (χ1v) is 9.61. The summed E-state index contributed by atoms with van der Waals surface area (Å²) in [5, 5.41) is 0. The van der Waals surface area contributed by atoms with E-state index in [0.717, 1.165) is 37.9 Å². The van der Waals surface area contributed by atoms with Crippen LogP contribution in [0.25, 0.3) is 0 Å². The van der Waals surface area contributed by atoms with E-state index >= 15 is 0 Å². The lowest BCUT2D eigenvalue weighted by atomic mass is 10.2. The van der Waals surface area contributed by atoms with Gasteiger partial charge in [-0.1, -0.05) is 6.07 Å². The summed E-state index contributed by atoms with van der Waals surface area (Å²) in [6.45, 7) is 5.33. The molecule has 128 valence electrons. The molecule has 2 rings (SSSR count). The summed E-state index contributed by atoms with van der Waals surface area (Å²) in [4.78, 5) is 20.5. The van der Waals surface area contributed by atoms with Crippen LogP contribution in [0, 0.1) is 0 Å². The normalized spacial score (nSPS) is 18.4. The SMILES string of the molecule is C[C@@H](NS(C)(=O)=O)C(=O)N1CCCN(Cc2cccnc2)CC1. The monoisotopic (exact) mass is 340 g/mol. The predicted molar refractivity (Wildman–Crippen MR) is 88.2 cm³/mol. The molecule has 0 radical (unpaired) electrons. The van der Waals surface area contributed by atoms with Gasteiger partial charge in [-0.2, -0.15) is 0 Å².